The van der Waals surface area contributed by atoms with Crippen LogP contribution >= 0.6 is 0 Å². The summed E-state index contributed by atoms with van der Waals surface area (Å²) in [5, 5.41) is 8.76. The van der Waals surface area contributed by atoms with Crippen LogP contribution in [0.4, 0.5) is 0 Å². The smallest absolute Gasteiger partial charge is 0.372 e. The summed E-state index contributed by atoms with van der Waals surface area (Å²) in [6.45, 7) is 0.456. The van der Waals surface area contributed by atoms with Gasteiger partial charge in [0.2, 0.25) is 5.76 Å². The highest BCUT2D eigenvalue weighted by Crippen LogP contribution is 2.11. The molecule has 2 aromatic heterocycles. The van der Waals surface area contributed by atoms with E-state index in [1.807, 2.05) is 0 Å². The Morgan fingerprint density at radius 1 is 1.64 bits per heavy atom. The van der Waals surface area contributed by atoms with E-state index in [-0.39, 0.29) is 5.76 Å². The number of nitrogens with zero attached hydrogens (tertiary/aromatic N) is 2. The van der Waals surface area contributed by atoms with E-state index >= 15 is 0 Å². The van der Waals surface area contributed by atoms with Gasteiger partial charge in [-0.05, 0) is 6.07 Å². The Balaban J connectivity index is 2.25. The van der Waals surface area contributed by atoms with Crippen molar-refractivity contribution in [1.29, 1.82) is 0 Å². The molecule has 0 amide bonds. The Morgan fingerprint density at radius 2 is 2.50 bits per heavy atom. The molecule has 14 heavy (non-hydrogen) atoms. The topological polar surface area (TPSA) is 68.3 Å². The zero-order valence-electron chi connectivity index (χ0n) is 7.25. The molecule has 0 aliphatic rings. The van der Waals surface area contributed by atoms with Crippen molar-refractivity contribution in [3.8, 4) is 0 Å². The molecular weight excluding hydrogens is 184 g/mol. The van der Waals surface area contributed by atoms with Crippen LogP contribution in [0.1, 0.15) is 16.1 Å². The predicted octanol–water partition coefficient (Wildman–Crippen LogP) is 1.22. The minimum absolute atomic E-state index is 0.0151. The average molecular weight is 192 g/mol. The number of aromatic nitrogens is 2. The molecule has 0 fully saturated rings. The third-order valence-electron chi connectivity index (χ3n) is 1.85. The summed E-state index contributed by atoms with van der Waals surface area (Å²) < 4.78 is 6.62. The van der Waals surface area contributed by atoms with Gasteiger partial charge >= 0.3 is 5.97 Å². The zero-order chi connectivity index (χ0) is 9.97. The van der Waals surface area contributed by atoms with Crippen molar-refractivity contribution in [2.45, 2.75) is 6.54 Å². The van der Waals surface area contributed by atoms with Gasteiger partial charge in [0, 0.05) is 18.0 Å². The first kappa shape index (κ1) is 8.55. The molecule has 2 heterocycles. The maximum atomic E-state index is 10.7. The van der Waals surface area contributed by atoms with Crippen LogP contribution in [0, 0.1) is 0 Å². The highest BCUT2D eigenvalue weighted by atomic mass is 16.4. The first-order valence-corrected chi connectivity index (χ1v) is 4.03. The van der Waals surface area contributed by atoms with Gasteiger partial charge in [0.1, 0.15) is 0 Å². The van der Waals surface area contributed by atoms with Crippen LogP contribution in [-0.4, -0.2) is 20.6 Å². The number of aromatic carboxylic acids is 1. The average Bonchev–Trinajstić information content (AvgIpc) is 2.75. The monoisotopic (exact) mass is 192 g/mol. The quantitative estimate of drug-likeness (QED) is 0.793. The van der Waals surface area contributed by atoms with E-state index < -0.39 is 5.97 Å². The van der Waals surface area contributed by atoms with E-state index in [2.05, 4.69) is 4.98 Å². The van der Waals surface area contributed by atoms with Crippen LogP contribution in [0.25, 0.3) is 0 Å². The fourth-order valence-electron chi connectivity index (χ4n) is 1.22. The third kappa shape index (κ3) is 1.52. The van der Waals surface area contributed by atoms with Crippen molar-refractivity contribution in [2.24, 2.45) is 0 Å². The van der Waals surface area contributed by atoms with E-state index in [9.17, 15) is 4.79 Å². The highest BCUT2D eigenvalue weighted by molar-refractivity contribution is 5.86. The number of carboxylic acids is 1. The van der Waals surface area contributed by atoms with E-state index in [1.54, 1.807) is 29.4 Å². The van der Waals surface area contributed by atoms with E-state index in [1.165, 1.54) is 6.26 Å². The normalized spacial score (nSPS) is 10.3. The fourth-order valence-corrected chi connectivity index (χ4v) is 1.22. The molecule has 0 spiro atoms. The van der Waals surface area contributed by atoms with Gasteiger partial charge in [0.15, 0.2) is 0 Å². The molecule has 2 aromatic rings. The molecule has 0 saturated carbocycles. The first-order valence-electron chi connectivity index (χ1n) is 4.03. The Labute approximate surface area is 79.6 Å². The van der Waals surface area contributed by atoms with Crippen LogP contribution in [-0.2, 0) is 6.54 Å². The van der Waals surface area contributed by atoms with Crippen LogP contribution in [0.2, 0.25) is 0 Å². The van der Waals surface area contributed by atoms with E-state index in [4.69, 9.17) is 9.52 Å². The molecule has 0 aliphatic carbocycles. The van der Waals surface area contributed by atoms with Gasteiger partial charge in [-0.3, -0.25) is 0 Å². The maximum absolute atomic E-state index is 10.7. The second-order valence-electron chi connectivity index (χ2n) is 2.82. The number of carboxylic acid groups (broad SMARTS) is 1. The maximum Gasteiger partial charge on any atom is 0.372 e. The van der Waals surface area contributed by atoms with E-state index in [0.29, 0.717) is 12.1 Å². The summed E-state index contributed by atoms with van der Waals surface area (Å²) >= 11 is 0. The Hall–Kier alpha value is -2.04. The van der Waals surface area contributed by atoms with Gasteiger partial charge < -0.3 is 14.1 Å². The number of imidazole rings is 1. The summed E-state index contributed by atoms with van der Waals surface area (Å²) in [6.07, 6.45) is 6.40. The van der Waals surface area contributed by atoms with Gasteiger partial charge in [0.25, 0.3) is 0 Å². The summed E-state index contributed by atoms with van der Waals surface area (Å²) in [4.78, 5) is 14.6. The lowest BCUT2D eigenvalue weighted by molar-refractivity contribution is 0.0660. The van der Waals surface area contributed by atoms with Gasteiger partial charge in [-0.25, -0.2) is 9.78 Å². The lowest BCUT2D eigenvalue weighted by Gasteiger charge is -1.99. The molecule has 5 heteroatoms. The zero-order valence-corrected chi connectivity index (χ0v) is 7.25. The second kappa shape index (κ2) is 3.37. The Morgan fingerprint density at radius 3 is 3.14 bits per heavy atom. The SMILES string of the molecule is O=C(O)c1occc1Cn1ccnc1. The van der Waals surface area contributed by atoms with Crippen molar-refractivity contribution in [2.75, 3.05) is 0 Å². The number of hydrogen-bond donors (Lipinski definition) is 1. The fraction of sp³-hybridized carbons (Fsp3) is 0.111. The first-order chi connectivity index (χ1) is 6.77. The molecule has 1 N–H and O–H groups in total. The number of rotatable bonds is 3. The van der Waals surface area contributed by atoms with Gasteiger partial charge in [0.05, 0.1) is 19.1 Å². The molecule has 0 unspecified atom stereocenters. The predicted molar refractivity (Wildman–Crippen MR) is 47.0 cm³/mol. The molecule has 72 valence electrons. The second-order valence-corrected chi connectivity index (χ2v) is 2.82. The van der Waals surface area contributed by atoms with Crippen molar-refractivity contribution in [1.82, 2.24) is 9.55 Å². The molecule has 0 atom stereocenters. The number of furan rings is 1. The van der Waals surface area contributed by atoms with Crippen molar-refractivity contribution in [3.05, 3.63) is 42.4 Å². The Bertz CT molecular complexity index is 431. The van der Waals surface area contributed by atoms with Gasteiger partial charge in [-0.2, -0.15) is 0 Å². The molecule has 0 aromatic carbocycles. The lowest BCUT2D eigenvalue weighted by atomic mass is 10.2. The van der Waals surface area contributed by atoms with Crippen molar-refractivity contribution < 1.29 is 14.3 Å². The molecule has 0 bridgehead atoms. The van der Waals surface area contributed by atoms with Gasteiger partial charge in [-0.15, -0.1) is 0 Å². The molecule has 0 aliphatic heterocycles. The summed E-state index contributed by atoms with van der Waals surface area (Å²) in [5.41, 5.74) is 0.635. The van der Waals surface area contributed by atoms with Gasteiger partial charge in [-0.1, -0.05) is 0 Å². The molecule has 0 saturated heterocycles. The van der Waals surface area contributed by atoms with Crippen LogP contribution < -0.4 is 0 Å². The largest absolute Gasteiger partial charge is 0.475 e. The summed E-state index contributed by atoms with van der Waals surface area (Å²) in [6, 6.07) is 1.64. The van der Waals surface area contributed by atoms with Crippen LogP contribution in [0.3, 0.4) is 0 Å². The minimum Gasteiger partial charge on any atom is -0.475 e. The van der Waals surface area contributed by atoms with Crippen LogP contribution in [0.5, 0.6) is 0 Å². The standard InChI is InChI=1S/C9H8N2O3/c12-9(13)8-7(1-4-14-8)5-11-3-2-10-6-11/h1-4,6H,5H2,(H,12,13). The van der Waals surface area contributed by atoms with Crippen LogP contribution in [0.15, 0.2) is 35.5 Å². The molecule has 2 rings (SSSR count). The molecule has 5 nitrogen and oxygen atoms in total. The Kier molecular flexibility index (Phi) is 2.06. The minimum atomic E-state index is -1.05. The van der Waals surface area contributed by atoms with Crippen molar-refractivity contribution >= 4 is 5.97 Å². The summed E-state index contributed by atoms with van der Waals surface area (Å²) in [7, 11) is 0. The summed E-state index contributed by atoms with van der Waals surface area (Å²) in [5.74, 6) is -1.07. The van der Waals surface area contributed by atoms with E-state index in [0.717, 1.165) is 0 Å². The number of hydrogen-bond acceptors (Lipinski definition) is 3. The lowest BCUT2D eigenvalue weighted by Crippen LogP contribution is -2.02. The number of carbonyl (C=O) groups is 1. The molecular formula is C9H8N2O3. The highest BCUT2D eigenvalue weighted by Gasteiger charge is 2.13. The third-order valence-corrected chi connectivity index (χ3v) is 1.85. The van der Waals surface area contributed by atoms with Crippen molar-refractivity contribution in [3.63, 3.8) is 0 Å². The molecule has 0 radical (unpaired) electrons.